The van der Waals surface area contributed by atoms with Crippen LogP contribution in [0.1, 0.15) is 47.5 Å². The van der Waals surface area contributed by atoms with Crippen LogP contribution in [0.15, 0.2) is 0 Å². The van der Waals surface area contributed by atoms with Crippen LogP contribution in [0.2, 0.25) is 0 Å². The molecule has 2 unspecified atom stereocenters. The van der Waals surface area contributed by atoms with E-state index in [2.05, 4.69) is 20.8 Å². The van der Waals surface area contributed by atoms with E-state index in [-0.39, 0.29) is 11.6 Å². The van der Waals surface area contributed by atoms with E-state index < -0.39 is 5.60 Å². The molecule has 1 fully saturated rings. The van der Waals surface area contributed by atoms with Crippen LogP contribution in [0, 0.1) is 5.92 Å². The predicted molar refractivity (Wildman–Crippen MR) is 58.6 cm³/mol. The predicted octanol–water partition coefficient (Wildman–Crippen LogP) is 2.53. The lowest BCUT2D eigenvalue weighted by atomic mass is 9.82. The van der Waals surface area contributed by atoms with E-state index in [0.717, 1.165) is 12.8 Å². The summed E-state index contributed by atoms with van der Waals surface area (Å²) >= 11 is 0. The van der Waals surface area contributed by atoms with Gasteiger partial charge in [-0.3, -0.25) is 0 Å². The zero-order valence-electron chi connectivity index (χ0n) is 10.4. The Kier molecular flexibility index (Phi) is 3.44. The zero-order chi connectivity index (χ0) is 11.7. The van der Waals surface area contributed by atoms with E-state index >= 15 is 0 Å². The molecular weight excluding hydrogens is 192 g/mol. The highest BCUT2D eigenvalue weighted by molar-refractivity contribution is 5.84. The van der Waals surface area contributed by atoms with Crippen molar-refractivity contribution >= 4 is 5.97 Å². The third-order valence-corrected chi connectivity index (χ3v) is 3.46. The molecule has 15 heavy (non-hydrogen) atoms. The molecule has 0 aliphatic carbocycles. The van der Waals surface area contributed by atoms with Gasteiger partial charge in [0, 0.05) is 0 Å². The van der Waals surface area contributed by atoms with E-state index in [0.29, 0.717) is 12.5 Å². The van der Waals surface area contributed by atoms with Crippen LogP contribution in [-0.2, 0) is 14.3 Å². The highest BCUT2D eigenvalue weighted by Gasteiger charge is 2.73. The lowest BCUT2D eigenvalue weighted by molar-refractivity contribution is -0.150. The number of ether oxygens (including phenoxy) is 2. The highest BCUT2D eigenvalue weighted by atomic mass is 16.7. The molecule has 88 valence electrons. The quantitative estimate of drug-likeness (QED) is 0.521. The van der Waals surface area contributed by atoms with E-state index in [1.54, 1.807) is 0 Å². The van der Waals surface area contributed by atoms with E-state index in [9.17, 15) is 4.79 Å². The normalized spacial score (nSPS) is 34.3. The van der Waals surface area contributed by atoms with Crippen LogP contribution in [0.3, 0.4) is 0 Å². The maximum atomic E-state index is 11.9. The minimum atomic E-state index is -0.675. The fourth-order valence-electron chi connectivity index (χ4n) is 2.17. The van der Waals surface area contributed by atoms with Gasteiger partial charge >= 0.3 is 5.97 Å². The third-order valence-electron chi connectivity index (χ3n) is 3.46. The Morgan fingerprint density at radius 3 is 2.33 bits per heavy atom. The first-order chi connectivity index (χ1) is 6.94. The SMILES string of the molecule is CCCC1(C(=O)OCC)OC1(C)C(C)C. The molecule has 1 heterocycles. The summed E-state index contributed by atoms with van der Waals surface area (Å²) in [5.41, 5.74) is -1.01. The van der Waals surface area contributed by atoms with Crippen LogP contribution in [0.25, 0.3) is 0 Å². The second-order valence-corrected chi connectivity index (χ2v) is 4.66. The average molecular weight is 214 g/mol. The number of carbonyl (C=O) groups is 1. The van der Waals surface area contributed by atoms with E-state index in [1.807, 2.05) is 13.8 Å². The molecule has 1 aliphatic heterocycles. The number of rotatable bonds is 5. The number of hydrogen-bond acceptors (Lipinski definition) is 3. The molecule has 0 spiro atoms. The van der Waals surface area contributed by atoms with E-state index in [4.69, 9.17) is 9.47 Å². The van der Waals surface area contributed by atoms with Crippen molar-refractivity contribution in [2.75, 3.05) is 6.61 Å². The number of esters is 1. The molecule has 0 N–H and O–H groups in total. The summed E-state index contributed by atoms with van der Waals surface area (Å²) in [4.78, 5) is 11.9. The maximum Gasteiger partial charge on any atom is 0.341 e. The van der Waals surface area contributed by atoms with Crippen molar-refractivity contribution in [2.45, 2.75) is 58.7 Å². The Morgan fingerprint density at radius 2 is 2.00 bits per heavy atom. The van der Waals surface area contributed by atoms with Crippen molar-refractivity contribution in [1.29, 1.82) is 0 Å². The minimum absolute atomic E-state index is 0.192. The van der Waals surface area contributed by atoms with Crippen LogP contribution in [0.5, 0.6) is 0 Å². The summed E-state index contributed by atoms with van der Waals surface area (Å²) < 4.78 is 10.8. The fourth-order valence-corrected chi connectivity index (χ4v) is 2.17. The molecule has 2 atom stereocenters. The Bertz CT molecular complexity index is 249. The second-order valence-electron chi connectivity index (χ2n) is 4.66. The average Bonchev–Trinajstić information content (AvgIpc) is 2.76. The van der Waals surface area contributed by atoms with Gasteiger partial charge < -0.3 is 9.47 Å². The van der Waals surface area contributed by atoms with Crippen molar-refractivity contribution in [3.63, 3.8) is 0 Å². The lowest BCUT2D eigenvalue weighted by Gasteiger charge is -2.17. The van der Waals surface area contributed by atoms with Crippen molar-refractivity contribution in [1.82, 2.24) is 0 Å². The number of carbonyl (C=O) groups excluding carboxylic acids is 1. The Labute approximate surface area is 92.1 Å². The first-order valence-electron chi connectivity index (χ1n) is 5.82. The van der Waals surface area contributed by atoms with Crippen molar-refractivity contribution in [3.05, 3.63) is 0 Å². The van der Waals surface area contributed by atoms with Crippen molar-refractivity contribution < 1.29 is 14.3 Å². The standard InChI is InChI=1S/C12H22O3/c1-6-8-12(10(13)14-7-2)11(5,15-12)9(3)4/h9H,6-8H2,1-5H3. The molecule has 0 bridgehead atoms. The molecule has 3 heteroatoms. The van der Waals surface area contributed by atoms with Gasteiger partial charge in [0.05, 0.1) is 6.61 Å². The van der Waals surface area contributed by atoms with Crippen LogP contribution in [-0.4, -0.2) is 23.8 Å². The molecule has 3 nitrogen and oxygen atoms in total. The second kappa shape index (κ2) is 4.12. The van der Waals surface area contributed by atoms with Gasteiger partial charge in [0.15, 0.2) is 5.60 Å². The lowest BCUT2D eigenvalue weighted by Crippen LogP contribution is -2.37. The topological polar surface area (TPSA) is 38.8 Å². The van der Waals surface area contributed by atoms with Gasteiger partial charge in [-0.1, -0.05) is 27.2 Å². The van der Waals surface area contributed by atoms with E-state index in [1.165, 1.54) is 0 Å². The Morgan fingerprint density at radius 1 is 1.40 bits per heavy atom. The molecular formula is C12H22O3. The Hall–Kier alpha value is -0.570. The molecule has 0 aromatic heterocycles. The summed E-state index contributed by atoms with van der Waals surface area (Å²) in [7, 11) is 0. The van der Waals surface area contributed by atoms with Crippen LogP contribution >= 0.6 is 0 Å². The molecule has 0 aromatic carbocycles. The molecule has 0 saturated carbocycles. The molecule has 0 amide bonds. The third kappa shape index (κ3) is 1.78. The summed E-state index contributed by atoms with van der Waals surface area (Å²) in [6, 6.07) is 0. The molecule has 1 rings (SSSR count). The summed E-state index contributed by atoms with van der Waals surface area (Å²) in [6.45, 7) is 10.5. The smallest absolute Gasteiger partial charge is 0.341 e. The van der Waals surface area contributed by atoms with Crippen molar-refractivity contribution in [2.24, 2.45) is 5.92 Å². The monoisotopic (exact) mass is 214 g/mol. The van der Waals surface area contributed by atoms with Gasteiger partial charge in [0.25, 0.3) is 0 Å². The summed E-state index contributed by atoms with van der Waals surface area (Å²) in [5, 5.41) is 0. The largest absolute Gasteiger partial charge is 0.464 e. The molecule has 0 aromatic rings. The van der Waals surface area contributed by atoms with Crippen LogP contribution in [0.4, 0.5) is 0 Å². The number of epoxide rings is 1. The van der Waals surface area contributed by atoms with Gasteiger partial charge in [0.2, 0.25) is 0 Å². The van der Waals surface area contributed by atoms with Crippen molar-refractivity contribution in [3.8, 4) is 0 Å². The van der Waals surface area contributed by atoms with Gasteiger partial charge in [0.1, 0.15) is 5.60 Å². The minimum Gasteiger partial charge on any atom is -0.464 e. The fraction of sp³-hybridized carbons (Fsp3) is 0.917. The highest BCUT2D eigenvalue weighted by Crippen LogP contribution is 2.56. The van der Waals surface area contributed by atoms with Gasteiger partial charge in [-0.15, -0.1) is 0 Å². The van der Waals surface area contributed by atoms with Gasteiger partial charge in [-0.25, -0.2) is 4.79 Å². The zero-order valence-corrected chi connectivity index (χ0v) is 10.4. The molecule has 0 radical (unpaired) electrons. The number of hydrogen-bond donors (Lipinski definition) is 0. The van der Waals surface area contributed by atoms with Crippen LogP contribution < -0.4 is 0 Å². The van der Waals surface area contributed by atoms with Gasteiger partial charge in [-0.2, -0.15) is 0 Å². The molecule has 1 aliphatic rings. The molecule has 1 saturated heterocycles. The first kappa shape index (κ1) is 12.5. The van der Waals surface area contributed by atoms with Gasteiger partial charge in [-0.05, 0) is 26.2 Å². The first-order valence-corrected chi connectivity index (χ1v) is 5.82. The Balaban J connectivity index is 2.81. The maximum absolute atomic E-state index is 11.9. The summed E-state index contributed by atoms with van der Waals surface area (Å²) in [5.74, 6) is 0.136. The summed E-state index contributed by atoms with van der Waals surface area (Å²) in [6.07, 6.45) is 1.68.